The first-order chi connectivity index (χ1) is 10.9. The number of halogens is 3. The van der Waals surface area contributed by atoms with Gasteiger partial charge in [-0.25, -0.2) is 13.8 Å². The summed E-state index contributed by atoms with van der Waals surface area (Å²) in [6.45, 7) is 1.34. The van der Waals surface area contributed by atoms with Crippen molar-refractivity contribution in [3.63, 3.8) is 0 Å². The maximum atomic E-state index is 13.7. The zero-order chi connectivity index (χ0) is 16.2. The zero-order valence-corrected chi connectivity index (χ0v) is 14.6. The molecule has 0 bridgehead atoms. The van der Waals surface area contributed by atoms with Crippen molar-refractivity contribution in [2.45, 2.75) is 37.6 Å². The Morgan fingerprint density at radius 2 is 2.04 bits per heavy atom. The summed E-state index contributed by atoms with van der Waals surface area (Å²) in [5.74, 6) is -1.86. The predicted octanol–water partition coefficient (Wildman–Crippen LogP) is 2.07. The summed E-state index contributed by atoms with van der Waals surface area (Å²) in [5, 5.41) is 8.04. The van der Waals surface area contributed by atoms with Crippen molar-refractivity contribution in [1.29, 1.82) is 0 Å². The summed E-state index contributed by atoms with van der Waals surface area (Å²) >= 11 is 2.17. The van der Waals surface area contributed by atoms with Crippen LogP contribution in [0.5, 0.6) is 0 Å². The van der Waals surface area contributed by atoms with Crippen LogP contribution in [0.3, 0.4) is 0 Å². The van der Waals surface area contributed by atoms with Crippen LogP contribution in [0.25, 0.3) is 5.65 Å². The standard InChI is InChI=1S/C14H17F2IN6/c15-14(16)5-10(18)13(7-14)1-3-22(4-2-13)12-19-6-9(17)11-21-20-8-23(11)12/h6,8,10H,1-5,7,18H2/t10-/m1/s1. The van der Waals surface area contributed by atoms with Crippen LogP contribution in [-0.4, -0.2) is 44.6 Å². The molecule has 1 saturated heterocycles. The van der Waals surface area contributed by atoms with E-state index >= 15 is 0 Å². The number of aromatic nitrogens is 4. The normalized spacial score (nSPS) is 26.3. The number of hydrogen-bond acceptors (Lipinski definition) is 5. The molecule has 124 valence electrons. The third kappa shape index (κ3) is 2.48. The molecule has 1 atom stereocenters. The van der Waals surface area contributed by atoms with Crippen molar-refractivity contribution in [3.05, 3.63) is 16.1 Å². The van der Waals surface area contributed by atoms with Crippen LogP contribution < -0.4 is 10.6 Å². The van der Waals surface area contributed by atoms with Crippen LogP contribution in [0.1, 0.15) is 25.7 Å². The first-order valence-electron chi connectivity index (χ1n) is 7.63. The monoisotopic (exact) mass is 434 g/mol. The lowest BCUT2D eigenvalue weighted by Crippen LogP contribution is -2.47. The van der Waals surface area contributed by atoms with E-state index in [1.807, 2.05) is 4.40 Å². The van der Waals surface area contributed by atoms with Gasteiger partial charge in [-0.15, -0.1) is 10.2 Å². The SMILES string of the molecule is N[C@@H]1CC(F)(F)CC12CCN(c1ncc(I)c3nncn13)CC2. The van der Waals surface area contributed by atoms with Crippen molar-refractivity contribution >= 4 is 34.2 Å². The maximum absolute atomic E-state index is 13.7. The molecular weight excluding hydrogens is 417 g/mol. The molecule has 2 N–H and O–H groups in total. The number of nitrogens with zero attached hydrogens (tertiary/aromatic N) is 5. The number of hydrogen-bond donors (Lipinski definition) is 1. The summed E-state index contributed by atoms with van der Waals surface area (Å²) in [6, 6.07) is -0.417. The molecule has 2 aromatic heterocycles. The maximum Gasteiger partial charge on any atom is 0.250 e. The van der Waals surface area contributed by atoms with Gasteiger partial charge in [0, 0.05) is 38.2 Å². The first kappa shape index (κ1) is 15.4. The van der Waals surface area contributed by atoms with Gasteiger partial charge in [0.15, 0.2) is 5.65 Å². The second-order valence-corrected chi connectivity index (χ2v) is 7.79. The van der Waals surface area contributed by atoms with Crippen LogP contribution in [0.4, 0.5) is 14.7 Å². The highest BCUT2D eigenvalue weighted by Crippen LogP contribution is 2.52. The first-order valence-corrected chi connectivity index (χ1v) is 8.71. The molecule has 2 aliphatic rings. The lowest BCUT2D eigenvalue weighted by Gasteiger charge is -2.42. The van der Waals surface area contributed by atoms with Crippen molar-refractivity contribution < 1.29 is 8.78 Å². The molecule has 1 saturated carbocycles. The average Bonchev–Trinajstić information content (AvgIpc) is 3.05. The molecule has 1 spiro atoms. The molecule has 2 aromatic rings. The number of nitrogens with two attached hydrogens (primary N) is 1. The van der Waals surface area contributed by atoms with E-state index in [1.165, 1.54) is 0 Å². The number of anilines is 1. The quantitative estimate of drug-likeness (QED) is 0.697. The van der Waals surface area contributed by atoms with Gasteiger partial charge in [0.05, 0.1) is 3.57 Å². The van der Waals surface area contributed by atoms with E-state index in [2.05, 4.69) is 42.7 Å². The van der Waals surface area contributed by atoms with Gasteiger partial charge in [-0.2, -0.15) is 0 Å². The van der Waals surface area contributed by atoms with Crippen LogP contribution in [0.2, 0.25) is 0 Å². The third-order valence-corrected chi connectivity index (χ3v) is 5.99. The Kier molecular flexibility index (Phi) is 3.49. The molecule has 3 heterocycles. The van der Waals surface area contributed by atoms with Crippen molar-refractivity contribution in [1.82, 2.24) is 19.6 Å². The second-order valence-electron chi connectivity index (χ2n) is 6.62. The highest BCUT2D eigenvalue weighted by molar-refractivity contribution is 14.1. The highest BCUT2D eigenvalue weighted by atomic mass is 127. The third-order valence-electron chi connectivity index (χ3n) is 5.23. The highest BCUT2D eigenvalue weighted by Gasteiger charge is 2.55. The van der Waals surface area contributed by atoms with Gasteiger partial charge in [0.25, 0.3) is 0 Å². The van der Waals surface area contributed by atoms with Gasteiger partial charge in [0.2, 0.25) is 11.9 Å². The van der Waals surface area contributed by atoms with Gasteiger partial charge in [0.1, 0.15) is 6.33 Å². The Bertz CT molecular complexity index is 740. The summed E-state index contributed by atoms with van der Waals surface area (Å²) in [6.07, 6.45) is 4.46. The Morgan fingerprint density at radius 1 is 1.30 bits per heavy atom. The largest absolute Gasteiger partial charge is 0.342 e. The van der Waals surface area contributed by atoms with E-state index in [0.717, 1.165) is 15.2 Å². The molecule has 0 unspecified atom stereocenters. The fourth-order valence-corrected chi connectivity index (χ4v) is 4.48. The number of alkyl halides is 2. The lowest BCUT2D eigenvalue weighted by atomic mass is 9.74. The van der Waals surface area contributed by atoms with E-state index in [1.54, 1.807) is 12.5 Å². The van der Waals surface area contributed by atoms with E-state index < -0.39 is 17.4 Å². The van der Waals surface area contributed by atoms with E-state index in [9.17, 15) is 8.78 Å². The fourth-order valence-electron chi connectivity index (χ4n) is 3.97. The molecule has 0 radical (unpaired) electrons. The lowest BCUT2D eigenvalue weighted by molar-refractivity contribution is -0.00685. The Balaban J connectivity index is 1.58. The van der Waals surface area contributed by atoms with Gasteiger partial charge in [-0.3, -0.25) is 4.40 Å². The minimum Gasteiger partial charge on any atom is -0.342 e. The van der Waals surface area contributed by atoms with Gasteiger partial charge in [-0.05, 0) is 40.8 Å². The van der Waals surface area contributed by atoms with Crippen LogP contribution >= 0.6 is 22.6 Å². The average molecular weight is 434 g/mol. The van der Waals surface area contributed by atoms with Crippen molar-refractivity contribution in [2.75, 3.05) is 18.0 Å². The molecular formula is C14H17F2IN6. The number of rotatable bonds is 1. The van der Waals surface area contributed by atoms with Crippen molar-refractivity contribution in [3.8, 4) is 0 Å². The van der Waals surface area contributed by atoms with Crippen LogP contribution in [-0.2, 0) is 0 Å². The molecule has 9 heteroatoms. The molecule has 1 aliphatic heterocycles. The Morgan fingerprint density at radius 3 is 2.70 bits per heavy atom. The van der Waals surface area contributed by atoms with E-state index in [-0.39, 0.29) is 12.8 Å². The zero-order valence-electron chi connectivity index (χ0n) is 12.4. The molecule has 4 rings (SSSR count). The Hall–Kier alpha value is -1.10. The summed E-state index contributed by atoms with van der Waals surface area (Å²) < 4.78 is 30.2. The molecule has 0 amide bonds. The predicted molar refractivity (Wildman–Crippen MR) is 89.5 cm³/mol. The smallest absolute Gasteiger partial charge is 0.250 e. The van der Waals surface area contributed by atoms with Gasteiger partial charge >= 0.3 is 0 Å². The molecule has 6 nitrogen and oxygen atoms in total. The molecule has 1 aliphatic carbocycles. The van der Waals surface area contributed by atoms with E-state index in [0.29, 0.717) is 25.9 Å². The van der Waals surface area contributed by atoms with Gasteiger partial charge in [-0.1, -0.05) is 0 Å². The molecule has 2 fully saturated rings. The van der Waals surface area contributed by atoms with Crippen LogP contribution in [0.15, 0.2) is 12.5 Å². The minimum atomic E-state index is -2.62. The summed E-state index contributed by atoms with van der Waals surface area (Å²) in [5.41, 5.74) is 6.39. The van der Waals surface area contributed by atoms with Crippen molar-refractivity contribution in [2.24, 2.45) is 11.1 Å². The van der Waals surface area contributed by atoms with E-state index in [4.69, 9.17) is 5.73 Å². The minimum absolute atomic E-state index is 0.0861. The summed E-state index contributed by atoms with van der Waals surface area (Å²) in [7, 11) is 0. The molecule has 23 heavy (non-hydrogen) atoms. The topological polar surface area (TPSA) is 72.3 Å². The number of fused-ring (bicyclic) bond motifs is 1. The van der Waals surface area contributed by atoms with Crippen LogP contribution in [0, 0.1) is 8.99 Å². The fraction of sp³-hybridized carbons (Fsp3) is 0.643. The second kappa shape index (κ2) is 5.20. The summed E-state index contributed by atoms with van der Waals surface area (Å²) in [4.78, 5) is 6.60. The molecule has 0 aromatic carbocycles. The Labute approximate surface area is 145 Å². The van der Waals surface area contributed by atoms with Gasteiger partial charge < -0.3 is 10.6 Å². The number of piperidine rings is 1.